The summed E-state index contributed by atoms with van der Waals surface area (Å²) in [6, 6.07) is 1.68. The second-order valence-electron chi connectivity index (χ2n) is 4.25. The monoisotopic (exact) mass is 271 g/mol. The molecule has 2 rings (SSSR count). The minimum absolute atomic E-state index is 0.0829. The Kier molecular flexibility index (Phi) is 3.22. The molecule has 98 valence electrons. The second kappa shape index (κ2) is 4.54. The van der Waals surface area contributed by atoms with Crippen molar-refractivity contribution in [2.45, 2.75) is 18.4 Å². The van der Waals surface area contributed by atoms with Gasteiger partial charge in [0.15, 0.2) is 0 Å². The zero-order valence-corrected chi connectivity index (χ0v) is 10.4. The number of primary amides is 1. The van der Waals surface area contributed by atoms with E-state index in [2.05, 4.69) is 0 Å². The lowest BCUT2D eigenvalue weighted by Gasteiger charge is -2.36. The van der Waals surface area contributed by atoms with E-state index in [4.69, 9.17) is 5.73 Å². The third-order valence-corrected chi connectivity index (χ3v) is 4.03. The smallest absolute Gasteiger partial charge is 0.347 e. The highest BCUT2D eigenvalue weighted by molar-refractivity contribution is 7.14. The lowest BCUT2D eigenvalue weighted by atomic mass is 9.90. The molecule has 1 aromatic heterocycles. The first-order valence-electron chi connectivity index (χ1n) is 5.43. The number of piperidine rings is 1. The number of carbonyl (C=O) groups excluding carboxylic acids is 1. The molecule has 0 atom stereocenters. The third-order valence-electron chi connectivity index (χ3n) is 3.18. The van der Waals surface area contributed by atoms with E-state index in [0.717, 1.165) is 11.3 Å². The van der Waals surface area contributed by atoms with Crippen molar-refractivity contribution in [2.24, 2.45) is 5.73 Å². The topological polar surface area (TPSA) is 110 Å². The van der Waals surface area contributed by atoms with E-state index in [9.17, 15) is 20.0 Å². The number of anilines is 1. The van der Waals surface area contributed by atoms with Gasteiger partial charge in [-0.1, -0.05) is 11.3 Å². The molecule has 0 bridgehead atoms. The fourth-order valence-electron chi connectivity index (χ4n) is 2.04. The van der Waals surface area contributed by atoms with Gasteiger partial charge in [0.1, 0.15) is 11.3 Å². The van der Waals surface area contributed by atoms with Crippen molar-refractivity contribution in [3.8, 4) is 0 Å². The molecule has 0 unspecified atom stereocenters. The lowest BCUT2D eigenvalue weighted by molar-refractivity contribution is -0.379. The highest BCUT2D eigenvalue weighted by Gasteiger charge is 2.38. The van der Waals surface area contributed by atoms with Crippen LogP contribution in [0.5, 0.6) is 0 Å². The van der Waals surface area contributed by atoms with Gasteiger partial charge in [-0.25, -0.2) is 0 Å². The summed E-state index contributed by atoms with van der Waals surface area (Å²) < 4.78 is 0. The van der Waals surface area contributed by atoms with Gasteiger partial charge in [0.2, 0.25) is 5.91 Å². The van der Waals surface area contributed by atoms with Crippen molar-refractivity contribution in [1.29, 1.82) is 0 Å². The average Bonchev–Trinajstić information content (AvgIpc) is 2.79. The van der Waals surface area contributed by atoms with Crippen LogP contribution >= 0.6 is 11.3 Å². The third kappa shape index (κ3) is 2.16. The molecule has 7 nitrogen and oxygen atoms in total. The minimum Gasteiger partial charge on any atom is -0.380 e. The Morgan fingerprint density at radius 3 is 2.67 bits per heavy atom. The molecule has 2 heterocycles. The van der Waals surface area contributed by atoms with Crippen LogP contribution in [0.25, 0.3) is 0 Å². The fraction of sp³-hybridized carbons (Fsp3) is 0.500. The summed E-state index contributed by atoms with van der Waals surface area (Å²) in [5.41, 5.74) is 4.18. The molecule has 0 aromatic carbocycles. The molecule has 0 aliphatic carbocycles. The summed E-state index contributed by atoms with van der Waals surface area (Å²) in [4.78, 5) is 23.3. The Morgan fingerprint density at radius 2 is 2.17 bits per heavy atom. The molecular weight excluding hydrogens is 258 g/mol. The van der Waals surface area contributed by atoms with Crippen molar-refractivity contribution in [3.63, 3.8) is 0 Å². The molecule has 1 aliphatic rings. The Labute approximate surface area is 107 Å². The van der Waals surface area contributed by atoms with Crippen LogP contribution in [0.1, 0.15) is 12.8 Å². The van der Waals surface area contributed by atoms with Gasteiger partial charge < -0.3 is 15.7 Å². The maximum absolute atomic E-state index is 11.1. The summed E-state index contributed by atoms with van der Waals surface area (Å²) in [6.45, 7) is 0.744. The Balaban J connectivity index is 2.12. The highest BCUT2D eigenvalue weighted by Crippen LogP contribution is 2.36. The van der Waals surface area contributed by atoms with E-state index < -0.39 is 16.4 Å². The number of thiophene rings is 1. The quantitative estimate of drug-likeness (QED) is 0.613. The van der Waals surface area contributed by atoms with Crippen LogP contribution in [-0.2, 0) is 4.79 Å². The SMILES string of the molecule is NC(=O)C1(O)CCN(c2ccsc2[N+](=O)[O-])CC1. The van der Waals surface area contributed by atoms with Crippen molar-refractivity contribution in [1.82, 2.24) is 0 Å². The van der Waals surface area contributed by atoms with Crippen LogP contribution in [0.2, 0.25) is 0 Å². The number of nitrogens with zero attached hydrogens (tertiary/aromatic N) is 2. The number of carbonyl (C=O) groups is 1. The molecule has 18 heavy (non-hydrogen) atoms. The molecule has 0 saturated carbocycles. The van der Waals surface area contributed by atoms with Gasteiger partial charge in [0, 0.05) is 25.9 Å². The molecule has 1 saturated heterocycles. The molecule has 8 heteroatoms. The highest BCUT2D eigenvalue weighted by atomic mass is 32.1. The van der Waals surface area contributed by atoms with Crippen molar-refractivity contribution in [2.75, 3.05) is 18.0 Å². The minimum atomic E-state index is -1.48. The number of aliphatic hydroxyl groups is 1. The van der Waals surface area contributed by atoms with Gasteiger partial charge in [-0.05, 0) is 11.4 Å². The van der Waals surface area contributed by atoms with Crippen molar-refractivity contribution < 1.29 is 14.8 Å². The Bertz CT molecular complexity index is 479. The maximum Gasteiger partial charge on any atom is 0.347 e. The van der Waals surface area contributed by atoms with E-state index in [1.807, 2.05) is 0 Å². The number of rotatable bonds is 3. The Morgan fingerprint density at radius 1 is 1.56 bits per heavy atom. The lowest BCUT2D eigenvalue weighted by Crippen LogP contribution is -2.52. The van der Waals surface area contributed by atoms with Crippen LogP contribution in [0.3, 0.4) is 0 Å². The van der Waals surface area contributed by atoms with E-state index in [-0.39, 0.29) is 17.8 Å². The van der Waals surface area contributed by atoms with Gasteiger partial charge in [-0.2, -0.15) is 0 Å². The number of hydrogen-bond donors (Lipinski definition) is 2. The predicted molar refractivity (Wildman–Crippen MR) is 66.6 cm³/mol. The second-order valence-corrected chi connectivity index (χ2v) is 5.15. The van der Waals surface area contributed by atoms with Crippen molar-refractivity contribution in [3.05, 3.63) is 21.6 Å². The predicted octanol–water partition coefficient (Wildman–Crippen LogP) is 0.473. The summed E-state index contributed by atoms with van der Waals surface area (Å²) in [5, 5.41) is 22.5. The van der Waals surface area contributed by atoms with Gasteiger partial charge in [0.05, 0.1) is 4.92 Å². The molecule has 1 aromatic rings. The molecule has 1 aliphatic heterocycles. The first-order chi connectivity index (χ1) is 8.44. The van der Waals surface area contributed by atoms with Gasteiger partial charge in [-0.3, -0.25) is 14.9 Å². The summed E-state index contributed by atoms with van der Waals surface area (Å²) in [7, 11) is 0. The van der Waals surface area contributed by atoms with Gasteiger partial charge in [-0.15, -0.1) is 0 Å². The van der Waals surface area contributed by atoms with Gasteiger partial charge in [0.25, 0.3) is 0 Å². The van der Waals surface area contributed by atoms with Gasteiger partial charge >= 0.3 is 5.00 Å². The standard InChI is InChI=1S/C10H13N3O4S/c11-9(14)10(15)2-4-12(5-3-10)7-1-6-18-8(7)13(16)17/h1,6,15H,2-5H2,(H2,11,14). The normalized spacial score (nSPS) is 18.6. The first kappa shape index (κ1) is 12.8. The summed E-state index contributed by atoms with van der Waals surface area (Å²) in [5.74, 6) is -0.734. The van der Waals surface area contributed by atoms with Crippen LogP contribution in [-0.4, -0.2) is 34.6 Å². The molecule has 3 N–H and O–H groups in total. The van der Waals surface area contributed by atoms with Crippen LogP contribution < -0.4 is 10.6 Å². The number of hydrogen-bond acceptors (Lipinski definition) is 6. The average molecular weight is 271 g/mol. The van der Waals surface area contributed by atoms with E-state index in [1.54, 1.807) is 16.3 Å². The summed E-state index contributed by atoms with van der Waals surface area (Å²) in [6.07, 6.45) is 0.380. The zero-order chi connectivity index (χ0) is 13.3. The Hall–Kier alpha value is -1.67. The zero-order valence-electron chi connectivity index (χ0n) is 9.54. The maximum atomic E-state index is 11.1. The number of amides is 1. The van der Waals surface area contributed by atoms with E-state index in [1.165, 1.54) is 0 Å². The van der Waals surface area contributed by atoms with E-state index in [0.29, 0.717) is 18.8 Å². The molecular formula is C10H13N3O4S. The van der Waals surface area contributed by atoms with Crippen LogP contribution in [0.15, 0.2) is 11.4 Å². The molecule has 0 spiro atoms. The van der Waals surface area contributed by atoms with E-state index >= 15 is 0 Å². The number of nitrogens with two attached hydrogens (primary N) is 1. The number of nitro groups is 1. The van der Waals surface area contributed by atoms with Crippen molar-refractivity contribution >= 4 is 27.9 Å². The van der Waals surface area contributed by atoms with Crippen LogP contribution in [0.4, 0.5) is 10.7 Å². The summed E-state index contributed by atoms with van der Waals surface area (Å²) >= 11 is 1.06. The van der Waals surface area contributed by atoms with Crippen LogP contribution in [0, 0.1) is 10.1 Å². The molecule has 1 amide bonds. The first-order valence-corrected chi connectivity index (χ1v) is 6.31. The fourth-order valence-corrected chi connectivity index (χ4v) is 2.77. The largest absolute Gasteiger partial charge is 0.380 e. The molecule has 0 radical (unpaired) electrons. The molecule has 1 fully saturated rings.